The first-order valence-electron chi connectivity index (χ1n) is 9.52. The van der Waals surface area contributed by atoms with Gasteiger partial charge in [0.15, 0.2) is 11.5 Å². The average molecular weight is 493 g/mol. The van der Waals surface area contributed by atoms with Crippen LogP contribution in [0.15, 0.2) is 44.7 Å². The summed E-state index contributed by atoms with van der Waals surface area (Å²) in [6.45, 7) is 7.77. The average Bonchev–Trinajstić information content (AvgIpc) is 2.68. The molecule has 0 spiro atoms. The van der Waals surface area contributed by atoms with Gasteiger partial charge in [0, 0.05) is 27.0 Å². The van der Waals surface area contributed by atoms with Crippen LogP contribution in [0.5, 0.6) is 11.5 Å². The lowest BCUT2D eigenvalue weighted by molar-refractivity contribution is 0.230. The third-order valence-electron chi connectivity index (χ3n) is 4.28. The van der Waals surface area contributed by atoms with Crippen LogP contribution in [0.25, 0.3) is 10.9 Å². The summed E-state index contributed by atoms with van der Waals surface area (Å²) < 4.78 is 13.5. The molecule has 30 heavy (non-hydrogen) atoms. The summed E-state index contributed by atoms with van der Waals surface area (Å²) in [7, 11) is 1.55. The highest BCUT2D eigenvalue weighted by Crippen LogP contribution is 2.34. The van der Waals surface area contributed by atoms with Crippen LogP contribution in [-0.4, -0.2) is 29.1 Å². The normalized spacial score (nSPS) is 11.8. The van der Waals surface area contributed by atoms with Crippen LogP contribution in [0, 0.1) is 0 Å². The molecule has 0 atom stereocenters. The topological polar surface area (TPSA) is 65.7 Å². The van der Waals surface area contributed by atoms with Crippen molar-refractivity contribution in [2.24, 2.45) is 5.10 Å². The Morgan fingerprint density at radius 3 is 2.57 bits per heavy atom. The summed E-state index contributed by atoms with van der Waals surface area (Å²) in [5, 5.41) is 5.42. The Labute approximate surface area is 188 Å². The zero-order valence-corrected chi connectivity index (χ0v) is 19.8. The maximum Gasteiger partial charge on any atom is 0.282 e. The summed E-state index contributed by atoms with van der Waals surface area (Å²) in [5.74, 6) is 1.56. The second-order valence-electron chi connectivity index (χ2n) is 7.34. The van der Waals surface area contributed by atoms with Crippen LogP contribution >= 0.6 is 27.5 Å². The van der Waals surface area contributed by atoms with E-state index in [-0.39, 0.29) is 17.6 Å². The van der Waals surface area contributed by atoms with Crippen molar-refractivity contribution in [2.45, 2.75) is 39.7 Å². The first-order valence-corrected chi connectivity index (χ1v) is 10.7. The van der Waals surface area contributed by atoms with E-state index < -0.39 is 0 Å². The number of benzene rings is 2. The van der Waals surface area contributed by atoms with Gasteiger partial charge in [0.2, 0.25) is 0 Å². The molecule has 3 rings (SSSR count). The Bertz CT molecular complexity index is 1170. The predicted molar refractivity (Wildman–Crippen MR) is 125 cm³/mol. The molecule has 8 heteroatoms. The van der Waals surface area contributed by atoms with Crippen molar-refractivity contribution in [3.63, 3.8) is 0 Å². The summed E-state index contributed by atoms with van der Waals surface area (Å²) in [6, 6.07) is 8.82. The van der Waals surface area contributed by atoms with Crippen molar-refractivity contribution in [1.82, 2.24) is 9.66 Å². The molecule has 2 aromatic carbocycles. The van der Waals surface area contributed by atoms with Crippen LogP contribution < -0.4 is 15.0 Å². The Balaban J connectivity index is 2.21. The fraction of sp³-hybridized carbons (Fsp3) is 0.318. The molecule has 0 fully saturated rings. The monoisotopic (exact) mass is 491 g/mol. The number of hydrogen-bond donors (Lipinski definition) is 0. The van der Waals surface area contributed by atoms with Gasteiger partial charge in [0.25, 0.3) is 5.56 Å². The van der Waals surface area contributed by atoms with E-state index in [0.717, 1.165) is 4.47 Å². The van der Waals surface area contributed by atoms with Crippen LogP contribution in [0.2, 0.25) is 5.02 Å². The largest absolute Gasteiger partial charge is 0.493 e. The van der Waals surface area contributed by atoms with Crippen molar-refractivity contribution >= 4 is 44.6 Å². The molecule has 6 nitrogen and oxygen atoms in total. The highest BCUT2D eigenvalue weighted by Gasteiger charge is 2.16. The molecule has 0 aliphatic heterocycles. The lowest BCUT2D eigenvalue weighted by Gasteiger charge is -2.16. The second-order valence-corrected chi connectivity index (χ2v) is 8.69. The maximum atomic E-state index is 13.2. The molecule has 0 unspecified atom stereocenters. The first kappa shape index (κ1) is 22.3. The maximum absolute atomic E-state index is 13.2. The number of hydrogen-bond acceptors (Lipinski definition) is 5. The van der Waals surface area contributed by atoms with Gasteiger partial charge in [0.05, 0.1) is 30.3 Å². The second kappa shape index (κ2) is 9.18. The lowest BCUT2D eigenvalue weighted by Crippen LogP contribution is -2.23. The molecule has 0 aliphatic rings. The van der Waals surface area contributed by atoms with E-state index in [4.69, 9.17) is 21.1 Å². The van der Waals surface area contributed by atoms with Crippen molar-refractivity contribution in [1.29, 1.82) is 0 Å². The van der Waals surface area contributed by atoms with Crippen LogP contribution in [0.3, 0.4) is 0 Å². The van der Waals surface area contributed by atoms with E-state index in [1.165, 1.54) is 4.68 Å². The number of fused-ring (bicyclic) bond motifs is 1. The third kappa shape index (κ3) is 4.68. The van der Waals surface area contributed by atoms with Crippen LogP contribution in [0.1, 0.15) is 45.0 Å². The highest BCUT2D eigenvalue weighted by atomic mass is 79.9. The Kier molecular flexibility index (Phi) is 6.83. The zero-order chi connectivity index (χ0) is 22.0. The molecule has 0 aliphatic carbocycles. The molecule has 0 radical (unpaired) electrons. The van der Waals surface area contributed by atoms with Gasteiger partial charge in [0.1, 0.15) is 5.82 Å². The molecule has 158 valence electrons. The fourth-order valence-corrected chi connectivity index (χ4v) is 3.55. The SMILES string of the molecule is COc1cc(Cl)cc(C=Nn2c(C(C)C)nc3ccc(Br)cc3c2=O)c1OC(C)C. The molecule has 1 heterocycles. The highest BCUT2D eigenvalue weighted by molar-refractivity contribution is 9.10. The quantitative estimate of drug-likeness (QED) is 0.419. The molecular formula is C22H23BrClN3O3. The smallest absolute Gasteiger partial charge is 0.282 e. The van der Waals surface area contributed by atoms with Gasteiger partial charge in [-0.2, -0.15) is 9.78 Å². The Morgan fingerprint density at radius 2 is 1.93 bits per heavy atom. The van der Waals surface area contributed by atoms with Gasteiger partial charge in [-0.25, -0.2) is 4.98 Å². The summed E-state index contributed by atoms with van der Waals surface area (Å²) >= 11 is 9.66. The van der Waals surface area contributed by atoms with E-state index in [0.29, 0.717) is 38.8 Å². The number of nitrogens with zero attached hydrogens (tertiary/aromatic N) is 3. The minimum absolute atomic E-state index is 0.0109. The third-order valence-corrected chi connectivity index (χ3v) is 5.00. The minimum atomic E-state index is -0.249. The number of methoxy groups -OCH3 is 1. The van der Waals surface area contributed by atoms with E-state index >= 15 is 0 Å². The molecule has 0 amide bonds. The standard InChI is InChI=1S/C22H23BrClN3O3/c1-12(2)21-26-18-7-6-15(23)9-17(18)22(28)27(21)25-11-14-8-16(24)10-19(29-5)20(14)30-13(3)4/h6-13H,1-5H3. The van der Waals surface area contributed by atoms with E-state index in [1.54, 1.807) is 31.5 Å². The summed E-state index contributed by atoms with van der Waals surface area (Å²) in [6.07, 6.45) is 1.46. The van der Waals surface area contributed by atoms with Crippen LogP contribution in [-0.2, 0) is 0 Å². The molecule has 0 saturated heterocycles. The summed E-state index contributed by atoms with van der Waals surface area (Å²) in [4.78, 5) is 17.8. The van der Waals surface area contributed by atoms with E-state index in [2.05, 4.69) is 26.0 Å². The van der Waals surface area contributed by atoms with Gasteiger partial charge < -0.3 is 9.47 Å². The van der Waals surface area contributed by atoms with Crippen molar-refractivity contribution in [3.05, 3.63) is 61.6 Å². The fourth-order valence-electron chi connectivity index (χ4n) is 2.97. The minimum Gasteiger partial charge on any atom is -0.493 e. The van der Waals surface area contributed by atoms with Gasteiger partial charge in [-0.05, 0) is 38.1 Å². The number of ether oxygens (including phenoxy) is 2. The lowest BCUT2D eigenvalue weighted by atomic mass is 10.2. The van der Waals surface area contributed by atoms with Crippen molar-refractivity contribution in [2.75, 3.05) is 7.11 Å². The Hall–Kier alpha value is -2.38. The first-order chi connectivity index (χ1) is 14.2. The van der Waals surface area contributed by atoms with Crippen LogP contribution in [0.4, 0.5) is 0 Å². The zero-order valence-electron chi connectivity index (χ0n) is 17.4. The molecular weight excluding hydrogens is 470 g/mol. The van der Waals surface area contributed by atoms with E-state index in [1.807, 2.05) is 39.8 Å². The number of aromatic nitrogens is 2. The predicted octanol–water partition coefficient (Wildman–Crippen LogP) is 5.61. The van der Waals surface area contributed by atoms with E-state index in [9.17, 15) is 4.79 Å². The van der Waals surface area contributed by atoms with Gasteiger partial charge in [-0.1, -0.05) is 41.4 Å². The van der Waals surface area contributed by atoms with Gasteiger partial charge in [-0.15, -0.1) is 0 Å². The number of rotatable bonds is 6. The molecule has 0 saturated carbocycles. The number of halogens is 2. The van der Waals surface area contributed by atoms with Gasteiger partial charge >= 0.3 is 0 Å². The summed E-state index contributed by atoms with van der Waals surface area (Å²) in [5.41, 5.74) is 0.983. The molecule has 0 bridgehead atoms. The molecule has 3 aromatic rings. The van der Waals surface area contributed by atoms with Gasteiger partial charge in [-0.3, -0.25) is 4.79 Å². The Morgan fingerprint density at radius 1 is 1.20 bits per heavy atom. The van der Waals surface area contributed by atoms with Crippen molar-refractivity contribution in [3.8, 4) is 11.5 Å². The molecule has 0 N–H and O–H groups in total. The molecule has 1 aromatic heterocycles. The van der Waals surface area contributed by atoms with Crippen molar-refractivity contribution < 1.29 is 9.47 Å².